The largest absolute Gasteiger partial charge is 0.352 e. The van der Waals surface area contributed by atoms with Crippen molar-refractivity contribution < 1.29 is 9.59 Å². The van der Waals surface area contributed by atoms with Crippen LogP contribution in [-0.4, -0.2) is 34.5 Å². The van der Waals surface area contributed by atoms with E-state index in [4.69, 9.17) is 4.98 Å². The molecule has 0 aliphatic carbocycles. The van der Waals surface area contributed by atoms with Gasteiger partial charge in [-0.05, 0) is 49.7 Å². The number of nitrogens with zero attached hydrogens (tertiary/aromatic N) is 3. The lowest BCUT2D eigenvalue weighted by molar-refractivity contribution is -0.119. The molecule has 0 atom stereocenters. The molecule has 1 N–H and O–H groups in total. The minimum atomic E-state index is -0.0827. The summed E-state index contributed by atoms with van der Waals surface area (Å²) < 4.78 is 2.00. The zero-order valence-electron chi connectivity index (χ0n) is 18.8. The van der Waals surface area contributed by atoms with Crippen molar-refractivity contribution in [2.24, 2.45) is 0 Å². The molecule has 4 rings (SSSR count). The fraction of sp³-hybridized carbons (Fsp3) is 0.222. The lowest BCUT2D eigenvalue weighted by atomic mass is 10.2. The smallest absolute Gasteiger partial charge is 0.251 e. The number of carbonyl (C=O) groups excluding carboxylic acids is 2. The maximum Gasteiger partial charge on any atom is 0.251 e. The maximum absolute atomic E-state index is 13.2. The van der Waals surface area contributed by atoms with Gasteiger partial charge in [0.2, 0.25) is 5.91 Å². The van der Waals surface area contributed by atoms with Crippen LogP contribution < -0.4 is 10.2 Å². The van der Waals surface area contributed by atoms with E-state index in [1.807, 2.05) is 84.3 Å². The number of hydrogen-bond donors (Lipinski definition) is 1. The summed E-state index contributed by atoms with van der Waals surface area (Å²) in [5.41, 5.74) is 3.35. The average molecular weight is 441 g/mol. The van der Waals surface area contributed by atoms with Crippen LogP contribution in [0.1, 0.15) is 29.5 Å². The molecule has 6 heteroatoms. The zero-order valence-corrected chi connectivity index (χ0v) is 18.8. The summed E-state index contributed by atoms with van der Waals surface area (Å²) in [6, 6.07) is 26.8. The number of imidazole rings is 1. The molecule has 0 aliphatic rings. The van der Waals surface area contributed by atoms with Crippen LogP contribution in [0.4, 0.5) is 5.69 Å². The molecule has 4 aromatic rings. The minimum Gasteiger partial charge on any atom is -0.352 e. The Bertz CT molecular complexity index is 1220. The molecular formula is C27H28N4O2. The number of rotatable bonds is 9. The summed E-state index contributed by atoms with van der Waals surface area (Å²) in [5.74, 6) is 0.786. The molecule has 0 bridgehead atoms. The van der Waals surface area contributed by atoms with Gasteiger partial charge < -0.3 is 14.8 Å². The Morgan fingerprint density at radius 3 is 2.30 bits per heavy atom. The average Bonchev–Trinajstić information content (AvgIpc) is 3.20. The van der Waals surface area contributed by atoms with Crippen LogP contribution in [0.2, 0.25) is 0 Å². The molecular weight excluding hydrogens is 412 g/mol. The summed E-state index contributed by atoms with van der Waals surface area (Å²) in [6.45, 7) is 3.33. The number of carbonyl (C=O) groups is 2. The summed E-state index contributed by atoms with van der Waals surface area (Å²) in [6.07, 6.45) is 1.39. The molecule has 0 fully saturated rings. The zero-order chi connectivity index (χ0) is 23.0. The topological polar surface area (TPSA) is 67.2 Å². The van der Waals surface area contributed by atoms with Crippen LogP contribution in [0.3, 0.4) is 0 Å². The Labute approximate surface area is 193 Å². The van der Waals surface area contributed by atoms with E-state index in [9.17, 15) is 9.59 Å². The van der Waals surface area contributed by atoms with Gasteiger partial charge in [-0.25, -0.2) is 4.98 Å². The Kier molecular flexibility index (Phi) is 7.15. The van der Waals surface area contributed by atoms with Gasteiger partial charge in [-0.15, -0.1) is 0 Å². The molecule has 0 radical (unpaired) electrons. The third kappa shape index (κ3) is 5.29. The highest BCUT2D eigenvalue weighted by molar-refractivity contribution is 5.94. The molecule has 168 valence electrons. The molecule has 0 saturated carbocycles. The van der Waals surface area contributed by atoms with Crippen LogP contribution >= 0.6 is 0 Å². The van der Waals surface area contributed by atoms with Gasteiger partial charge in [0.05, 0.1) is 11.0 Å². The number of aryl methyl sites for hydroxylation is 1. The lowest BCUT2D eigenvalue weighted by Gasteiger charge is -2.22. The summed E-state index contributed by atoms with van der Waals surface area (Å²) in [7, 11) is 0. The van der Waals surface area contributed by atoms with Crippen molar-refractivity contribution in [1.82, 2.24) is 14.9 Å². The van der Waals surface area contributed by atoms with E-state index >= 15 is 0 Å². The predicted molar refractivity (Wildman–Crippen MR) is 131 cm³/mol. The van der Waals surface area contributed by atoms with Gasteiger partial charge in [0, 0.05) is 30.8 Å². The fourth-order valence-corrected chi connectivity index (χ4v) is 3.96. The number of fused-ring (bicyclic) bond motifs is 1. The third-order valence-electron chi connectivity index (χ3n) is 5.61. The van der Waals surface area contributed by atoms with Crippen LogP contribution in [-0.2, 0) is 17.8 Å². The van der Waals surface area contributed by atoms with E-state index in [1.54, 1.807) is 17.0 Å². The number of amides is 2. The molecule has 0 saturated heterocycles. The highest BCUT2D eigenvalue weighted by Gasteiger charge is 2.18. The standard InChI is InChI=1S/C27H28N4O2/c1-2-30(22-14-7-4-8-15-22)26(32)20-31-24-17-10-9-16-23(24)29-25(31)18-11-19-28-27(33)21-12-5-3-6-13-21/h3-10,12-17H,2,11,18-20H2,1H3,(H,28,33). The number of para-hydroxylation sites is 3. The summed E-state index contributed by atoms with van der Waals surface area (Å²) >= 11 is 0. The quantitative estimate of drug-likeness (QED) is 0.391. The van der Waals surface area contributed by atoms with Crippen molar-refractivity contribution in [2.75, 3.05) is 18.0 Å². The van der Waals surface area contributed by atoms with E-state index in [1.165, 1.54) is 0 Å². The van der Waals surface area contributed by atoms with Gasteiger partial charge >= 0.3 is 0 Å². The highest BCUT2D eigenvalue weighted by Crippen LogP contribution is 2.19. The number of likely N-dealkylation sites (N-methyl/N-ethyl adjacent to an activating group) is 1. The third-order valence-corrected chi connectivity index (χ3v) is 5.61. The first-order valence-corrected chi connectivity index (χ1v) is 11.3. The number of nitrogens with one attached hydrogen (secondary N) is 1. The number of benzene rings is 3. The second kappa shape index (κ2) is 10.6. The second-order valence-corrected chi connectivity index (χ2v) is 7.80. The Hall–Kier alpha value is -3.93. The van der Waals surface area contributed by atoms with Crippen molar-refractivity contribution in [1.29, 1.82) is 0 Å². The van der Waals surface area contributed by atoms with Crippen molar-refractivity contribution in [3.05, 3.63) is 96.3 Å². The Balaban J connectivity index is 1.46. The monoisotopic (exact) mass is 440 g/mol. The Morgan fingerprint density at radius 1 is 0.909 bits per heavy atom. The molecule has 0 unspecified atom stereocenters. The number of aromatic nitrogens is 2. The van der Waals surface area contributed by atoms with Crippen LogP contribution in [0, 0.1) is 0 Å². The maximum atomic E-state index is 13.2. The molecule has 0 spiro atoms. The Morgan fingerprint density at radius 2 is 1.58 bits per heavy atom. The first kappa shape index (κ1) is 22.3. The van der Waals surface area contributed by atoms with E-state index in [0.717, 1.165) is 29.0 Å². The van der Waals surface area contributed by atoms with Gasteiger partial charge in [-0.2, -0.15) is 0 Å². The van der Waals surface area contributed by atoms with Gasteiger partial charge in [-0.3, -0.25) is 9.59 Å². The van der Waals surface area contributed by atoms with Gasteiger partial charge in [-0.1, -0.05) is 48.5 Å². The van der Waals surface area contributed by atoms with Crippen molar-refractivity contribution in [2.45, 2.75) is 26.3 Å². The summed E-state index contributed by atoms with van der Waals surface area (Å²) in [5, 5.41) is 2.96. The molecule has 2 amide bonds. The molecule has 3 aromatic carbocycles. The normalized spacial score (nSPS) is 10.8. The first-order valence-electron chi connectivity index (χ1n) is 11.3. The fourth-order valence-electron chi connectivity index (χ4n) is 3.96. The molecule has 0 aliphatic heterocycles. The van der Waals surface area contributed by atoms with E-state index in [-0.39, 0.29) is 18.4 Å². The van der Waals surface area contributed by atoms with Gasteiger partial charge in [0.15, 0.2) is 0 Å². The molecule has 6 nitrogen and oxygen atoms in total. The van der Waals surface area contributed by atoms with Crippen molar-refractivity contribution >= 4 is 28.5 Å². The van der Waals surface area contributed by atoms with E-state index in [2.05, 4.69) is 5.32 Å². The minimum absolute atomic E-state index is 0.0190. The van der Waals surface area contributed by atoms with Crippen molar-refractivity contribution in [3.63, 3.8) is 0 Å². The highest BCUT2D eigenvalue weighted by atomic mass is 16.2. The SMILES string of the molecule is CCN(C(=O)Cn1c(CCCNC(=O)c2ccccc2)nc2ccccc21)c1ccccc1. The predicted octanol–water partition coefficient (Wildman–Crippen LogP) is 4.45. The van der Waals surface area contributed by atoms with E-state index in [0.29, 0.717) is 25.1 Å². The summed E-state index contributed by atoms with van der Waals surface area (Å²) in [4.78, 5) is 32.1. The van der Waals surface area contributed by atoms with Crippen LogP contribution in [0.5, 0.6) is 0 Å². The molecule has 1 aromatic heterocycles. The van der Waals surface area contributed by atoms with Crippen LogP contribution in [0.25, 0.3) is 11.0 Å². The van der Waals surface area contributed by atoms with Crippen LogP contribution in [0.15, 0.2) is 84.9 Å². The second-order valence-electron chi connectivity index (χ2n) is 7.80. The number of hydrogen-bond acceptors (Lipinski definition) is 3. The molecule has 33 heavy (non-hydrogen) atoms. The number of anilines is 1. The van der Waals surface area contributed by atoms with Gasteiger partial charge in [0.1, 0.15) is 12.4 Å². The van der Waals surface area contributed by atoms with Crippen molar-refractivity contribution in [3.8, 4) is 0 Å². The van der Waals surface area contributed by atoms with E-state index < -0.39 is 0 Å². The molecule has 1 heterocycles. The van der Waals surface area contributed by atoms with Gasteiger partial charge in [0.25, 0.3) is 5.91 Å². The lowest BCUT2D eigenvalue weighted by Crippen LogP contribution is -2.34. The first-order chi connectivity index (χ1) is 16.2.